The number of aromatic amines is 1. The third-order valence-electron chi connectivity index (χ3n) is 5.40. The minimum atomic E-state index is -0.0970. The zero-order chi connectivity index (χ0) is 20.5. The maximum Gasteiger partial charge on any atom is 0.255 e. The third kappa shape index (κ3) is 3.53. The Labute approximate surface area is 173 Å². The molecule has 0 aliphatic carbocycles. The first-order chi connectivity index (χ1) is 14.7. The Bertz CT molecular complexity index is 1230. The molecular formula is C22H21N7O. The number of H-pyrrole nitrogens is 1. The van der Waals surface area contributed by atoms with Crippen molar-refractivity contribution < 1.29 is 0 Å². The molecule has 0 fully saturated rings. The van der Waals surface area contributed by atoms with Crippen LogP contribution in [-0.2, 0) is 19.5 Å². The highest BCUT2D eigenvalue weighted by Gasteiger charge is 2.22. The second kappa shape index (κ2) is 7.64. The molecule has 0 atom stereocenters. The molecule has 0 radical (unpaired) electrons. The van der Waals surface area contributed by atoms with Crippen LogP contribution in [0.2, 0.25) is 0 Å². The molecule has 1 aliphatic heterocycles. The standard InChI is InChI=1S/C22H21N7O/c1-15-17(12-29(27-15)18-5-3-2-4-6-18)11-28-8-7-20-19(13-28)22(30)26-21(25-20)16-9-23-14-24-10-16/h2-6,9-10,12,14H,7-8,11,13H2,1H3,(H,25,26,30). The average Bonchev–Trinajstić information content (AvgIpc) is 3.15. The van der Waals surface area contributed by atoms with Gasteiger partial charge in [-0.05, 0) is 19.1 Å². The second-order valence-electron chi connectivity index (χ2n) is 7.45. The topological polar surface area (TPSA) is 92.6 Å². The van der Waals surface area contributed by atoms with Crippen molar-refractivity contribution in [2.24, 2.45) is 0 Å². The summed E-state index contributed by atoms with van der Waals surface area (Å²) in [4.78, 5) is 30.6. The van der Waals surface area contributed by atoms with Crippen LogP contribution in [0.4, 0.5) is 0 Å². The fraction of sp³-hybridized carbons (Fsp3) is 0.227. The van der Waals surface area contributed by atoms with Crippen molar-refractivity contribution in [3.63, 3.8) is 0 Å². The number of hydrogen-bond acceptors (Lipinski definition) is 6. The number of fused-ring (bicyclic) bond motifs is 1. The summed E-state index contributed by atoms with van der Waals surface area (Å²) < 4.78 is 1.91. The van der Waals surface area contributed by atoms with Crippen molar-refractivity contribution in [2.45, 2.75) is 26.4 Å². The monoisotopic (exact) mass is 399 g/mol. The average molecular weight is 399 g/mol. The van der Waals surface area contributed by atoms with E-state index < -0.39 is 0 Å². The van der Waals surface area contributed by atoms with Gasteiger partial charge in [0.2, 0.25) is 0 Å². The fourth-order valence-corrected chi connectivity index (χ4v) is 3.78. The lowest BCUT2D eigenvalue weighted by Crippen LogP contribution is -2.35. The van der Waals surface area contributed by atoms with Gasteiger partial charge in [0.25, 0.3) is 5.56 Å². The normalized spacial score (nSPS) is 13.9. The van der Waals surface area contributed by atoms with E-state index in [1.54, 1.807) is 12.4 Å². The van der Waals surface area contributed by atoms with Crippen LogP contribution in [0.3, 0.4) is 0 Å². The SMILES string of the molecule is Cc1nn(-c2ccccc2)cc1CN1CCc2nc(-c3cncnc3)[nH]c(=O)c2C1. The van der Waals surface area contributed by atoms with E-state index in [4.69, 9.17) is 0 Å². The van der Waals surface area contributed by atoms with E-state index in [9.17, 15) is 4.79 Å². The first kappa shape index (κ1) is 18.4. The van der Waals surface area contributed by atoms with Gasteiger partial charge in [-0.2, -0.15) is 5.10 Å². The Morgan fingerprint density at radius 2 is 1.93 bits per heavy atom. The van der Waals surface area contributed by atoms with Crippen LogP contribution in [0, 0.1) is 6.92 Å². The van der Waals surface area contributed by atoms with Gasteiger partial charge in [0.15, 0.2) is 0 Å². The molecule has 30 heavy (non-hydrogen) atoms. The van der Waals surface area contributed by atoms with Crippen molar-refractivity contribution >= 4 is 0 Å². The zero-order valence-corrected chi connectivity index (χ0v) is 16.6. The number of para-hydroxylation sites is 1. The van der Waals surface area contributed by atoms with E-state index in [1.807, 2.05) is 41.9 Å². The minimum absolute atomic E-state index is 0.0970. The molecule has 5 rings (SSSR count). The first-order valence-electron chi connectivity index (χ1n) is 9.88. The molecule has 0 bridgehead atoms. The van der Waals surface area contributed by atoms with Crippen molar-refractivity contribution in [3.8, 4) is 17.1 Å². The quantitative estimate of drug-likeness (QED) is 0.566. The minimum Gasteiger partial charge on any atom is -0.306 e. The highest BCUT2D eigenvalue weighted by atomic mass is 16.1. The highest BCUT2D eigenvalue weighted by molar-refractivity contribution is 5.52. The van der Waals surface area contributed by atoms with Crippen molar-refractivity contribution in [2.75, 3.05) is 6.54 Å². The van der Waals surface area contributed by atoms with Gasteiger partial charge in [0, 0.05) is 50.2 Å². The van der Waals surface area contributed by atoms with E-state index in [1.165, 1.54) is 6.33 Å². The molecule has 4 aromatic rings. The van der Waals surface area contributed by atoms with Crippen LogP contribution in [0.5, 0.6) is 0 Å². The Balaban J connectivity index is 1.37. The van der Waals surface area contributed by atoms with Crippen molar-refractivity contribution in [1.82, 2.24) is 34.6 Å². The summed E-state index contributed by atoms with van der Waals surface area (Å²) in [5.41, 5.74) is 5.39. The molecular weight excluding hydrogens is 378 g/mol. The van der Waals surface area contributed by atoms with E-state index in [0.29, 0.717) is 17.9 Å². The molecule has 8 nitrogen and oxygen atoms in total. The summed E-state index contributed by atoms with van der Waals surface area (Å²) in [5.74, 6) is 0.521. The second-order valence-corrected chi connectivity index (χ2v) is 7.45. The molecule has 0 amide bonds. The molecule has 0 spiro atoms. The number of aryl methyl sites for hydroxylation is 1. The van der Waals surface area contributed by atoms with E-state index in [-0.39, 0.29) is 5.56 Å². The van der Waals surface area contributed by atoms with E-state index in [2.05, 4.69) is 36.1 Å². The first-order valence-corrected chi connectivity index (χ1v) is 9.88. The number of nitrogens with zero attached hydrogens (tertiary/aromatic N) is 6. The van der Waals surface area contributed by atoms with Gasteiger partial charge in [-0.25, -0.2) is 19.6 Å². The molecule has 150 valence electrons. The fourth-order valence-electron chi connectivity index (χ4n) is 3.78. The molecule has 3 aromatic heterocycles. The predicted octanol–water partition coefficient (Wildman–Crippen LogP) is 2.28. The number of rotatable bonds is 4. The molecule has 1 aliphatic rings. The van der Waals surface area contributed by atoms with E-state index in [0.717, 1.165) is 47.7 Å². The number of hydrogen-bond donors (Lipinski definition) is 1. The van der Waals surface area contributed by atoms with Gasteiger partial charge in [-0.1, -0.05) is 18.2 Å². The zero-order valence-electron chi connectivity index (χ0n) is 16.6. The van der Waals surface area contributed by atoms with Crippen molar-refractivity contribution in [1.29, 1.82) is 0 Å². The Morgan fingerprint density at radius 3 is 2.73 bits per heavy atom. The maximum absolute atomic E-state index is 12.7. The van der Waals surface area contributed by atoms with Gasteiger partial charge >= 0.3 is 0 Å². The lowest BCUT2D eigenvalue weighted by atomic mass is 10.1. The van der Waals surface area contributed by atoms with Gasteiger partial charge in [0.1, 0.15) is 12.2 Å². The van der Waals surface area contributed by atoms with Crippen LogP contribution in [0.1, 0.15) is 22.5 Å². The molecule has 8 heteroatoms. The highest BCUT2D eigenvalue weighted by Crippen LogP contribution is 2.20. The van der Waals surface area contributed by atoms with Crippen LogP contribution in [0.15, 0.2) is 60.0 Å². The summed E-state index contributed by atoms with van der Waals surface area (Å²) in [5, 5.41) is 4.65. The number of aromatic nitrogens is 6. The molecule has 1 N–H and O–H groups in total. The predicted molar refractivity (Wildman–Crippen MR) is 112 cm³/mol. The van der Waals surface area contributed by atoms with Gasteiger partial charge < -0.3 is 4.98 Å². The van der Waals surface area contributed by atoms with Crippen molar-refractivity contribution in [3.05, 3.63) is 88.1 Å². The summed E-state index contributed by atoms with van der Waals surface area (Å²) in [6, 6.07) is 10.1. The Morgan fingerprint density at radius 1 is 1.13 bits per heavy atom. The van der Waals surface area contributed by atoms with Crippen LogP contribution < -0.4 is 5.56 Å². The number of nitrogens with one attached hydrogen (secondary N) is 1. The van der Waals surface area contributed by atoms with Crippen LogP contribution in [-0.4, -0.2) is 41.2 Å². The third-order valence-corrected chi connectivity index (χ3v) is 5.40. The largest absolute Gasteiger partial charge is 0.306 e. The summed E-state index contributed by atoms with van der Waals surface area (Å²) in [6.45, 7) is 4.17. The summed E-state index contributed by atoms with van der Waals surface area (Å²) >= 11 is 0. The summed E-state index contributed by atoms with van der Waals surface area (Å²) in [7, 11) is 0. The molecule has 0 saturated heterocycles. The number of benzene rings is 1. The van der Waals surface area contributed by atoms with Crippen LogP contribution >= 0.6 is 0 Å². The van der Waals surface area contributed by atoms with Crippen LogP contribution in [0.25, 0.3) is 17.1 Å². The summed E-state index contributed by atoms with van der Waals surface area (Å²) in [6.07, 6.45) is 7.56. The van der Waals surface area contributed by atoms with Gasteiger partial charge in [-0.3, -0.25) is 9.69 Å². The molecule has 0 unspecified atom stereocenters. The Kier molecular flexibility index (Phi) is 4.68. The van der Waals surface area contributed by atoms with E-state index >= 15 is 0 Å². The molecule has 4 heterocycles. The smallest absolute Gasteiger partial charge is 0.255 e. The lowest BCUT2D eigenvalue weighted by molar-refractivity contribution is 0.241. The lowest BCUT2D eigenvalue weighted by Gasteiger charge is -2.27. The maximum atomic E-state index is 12.7. The van der Waals surface area contributed by atoms with Gasteiger partial charge in [0.05, 0.1) is 28.2 Å². The molecule has 1 aromatic carbocycles. The molecule has 0 saturated carbocycles. The Hall–Kier alpha value is -3.65. The van der Waals surface area contributed by atoms with Gasteiger partial charge in [-0.15, -0.1) is 0 Å².